The number of nitrogens with zero attached hydrogens (tertiary/aromatic N) is 4. The standard InChI is InChI=1S/C22H20N4OS/c1-25-20(15-6-3-2-4-7-15)16-10-12-26(13-11-18(16)24-25)22(27)17-8-5-9-19-21(17)28-14-23-19/h2-9,14H,10-13H2,1H3. The summed E-state index contributed by atoms with van der Waals surface area (Å²) in [6, 6.07) is 16.2. The van der Waals surface area contributed by atoms with Crippen LogP contribution < -0.4 is 0 Å². The van der Waals surface area contributed by atoms with Gasteiger partial charge in [-0.15, -0.1) is 11.3 Å². The molecule has 5 nitrogen and oxygen atoms in total. The number of amides is 1. The number of benzene rings is 2. The fraction of sp³-hybridized carbons (Fsp3) is 0.227. The number of hydrogen-bond donors (Lipinski definition) is 0. The van der Waals surface area contributed by atoms with Gasteiger partial charge in [-0.2, -0.15) is 5.10 Å². The highest BCUT2D eigenvalue weighted by Gasteiger charge is 2.26. The van der Waals surface area contributed by atoms with Crippen molar-refractivity contribution in [3.8, 4) is 11.3 Å². The van der Waals surface area contributed by atoms with E-state index in [-0.39, 0.29) is 5.91 Å². The number of aryl methyl sites for hydroxylation is 1. The Kier molecular flexibility index (Phi) is 4.20. The van der Waals surface area contributed by atoms with Gasteiger partial charge < -0.3 is 4.90 Å². The van der Waals surface area contributed by atoms with Gasteiger partial charge in [0.15, 0.2) is 0 Å². The van der Waals surface area contributed by atoms with E-state index in [0.29, 0.717) is 13.1 Å². The van der Waals surface area contributed by atoms with Crippen LogP contribution in [0.2, 0.25) is 0 Å². The molecule has 3 heterocycles. The molecule has 0 unspecified atom stereocenters. The minimum absolute atomic E-state index is 0.0886. The topological polar surface area (TPSA) is 51.0 Å². The van der Waals surface area contributed by atoms with Gasteiger partial charge >= 0.3 is 0 Å². The second kappa shape index (κ2) is 6.87. The van der Waals surface area contributed by atoms with Crippen LogP contribution in [-0.2, 0) is 19.9 Å². The first-order chi connectivity index (χ1) is 13.7. The lowest BCUT2D eigenvalue weighted by Gasteiger charge is -2.20. The second-order valence-electron chi connectivity index (χ2n) is 7.06. The molecule has 5 rings (SSSR count). The molecule has 1 aliphatic rings. The maximum atomic E-state index is 13.2. The van der Waals surface area contributed by atoms with Crippen LogP contribution in [0.5, 0.6) is 0 Å². The van der Waals surface area contributed by atoms with Crippen molar-refractivity contribution in [3.05, 3.63) is 70.9 Å². The van der Waals surface area contributed by atoms with Crippen molar-refractivity contribution >= 4 is 27.5 Å². The van der Waals surface area contributed by atoms with Crippen LogP contribution in [0, 0.1) is 0 Å². The van der Waals surface area contributed by atoms with Crippen LogP contribution in [0.4, 0.5) is 0 Å². The molecule has 2 aromatic heterocycles. The molecule has 0 spiro atoms. The summed E-state index contributed by atoms with van der Waals surface area (Å²) in [6.07, 6.45) is 1.60. The Bertz CT molecular complexity index is 1160. The molecule has 0 saturated heterocycles. The van der Waals surface area contributed by atoms with E-state index in [9.17, 15) is 4.79 Å². The minimum Gasteiger partial charge on any atom is -0.338 e. The van der Waals surface area contributed by atoms with Gasteiger partial charge in [0.25, 0.3) is 5.91 Å². The highest BCUT2D eigenvalue weighted by Crippen LogP contribution is 2.29. The summed E-state index contributed by atoms with van der Waals surface area (Å²) in [5, 5.41) is 4.77. The lowest BCUT2D eigenvalue weighted by Crippen LogP contribution is -2.33. The van der Waals surface area contributed by atoms with Crippen molar-refractivity contribution in [2.24, 2.45) is 7.05 Å². The smallest absolute Gasteiger partial charge is 0.255 e. The molecule has 2 aromatic carbocycles. The molecule has 140 valence electrons. The normalized spacial score (nSPS) is 14.1. The number of fused-ring (bicyclic) bond motifs is 2. The van der Waals surface area contributed by atoms with Gasteiger partial charge in [0.2, 0.25) is 0 Å². The van der Waals surface area contributed by atoms with E-state index in [2.05, 4.69) is 29.2 Å². The van der Waals surface area contributed by atoms with Gasteiger partial charge in [0, 0.05) is 37.7 Å². The molecule has 0 atom stereocenters. The van der Waals surface area contributed by atoms with E-state index in [1.807, 2.05) is 40.9 Å². The first kappa shape index (κ1) is 17.1. The third kappa shape index (κ3) is 2.81. The van der Waals surface area contributed by atoms with E-state index in [1.54, 1.807) is 5.51 Å². The molecular formula is C22H20N4OS. The molecule has 28 heavy (non-hydrogen) atoms. The van der Waals surface area contributed by atoms with Gasteiger partial charge in [0.05, 0.1) is 32.7 Å². The van der Waals surface area contributed by atoms with E-state index >= 15 is 0 Å². The van der Waals surface area contributed by atoms with Crippen LogP contribution in [-0.4, -0.2) is 38.7 Å². The van der Waals surface area contributed by atoms with Crippen molar-refractivity contribution in [3.63, 3.8) is 0 Å². The molecule has 0 bridgehead atoms. The third-order valence-electron chi connectivity index (χ3n) is 5.40. The minimum atomic E-state index is 0.0886. The number of aromatic nitrogens is 3. The highest BCUT2D eigenvalue weighted by atomic mass is 32.1. The summed E-state index contributed by atoms with van der Waals surface area (Å²) >= 11 is 1.53. The fourth-order valence-corrected chi connectivity index (χ4v) is 4.87. The van der Waals surface area contributed by atoms with Gasteiger partial charge in [0.1, 0.15) is 0 Å². The zero-order valence-electron chi connectivity index (χ0n) is 15.6. The van der Waals surface area contributed by atoms with E-state index < -0.39 is 0 Å². The molecule has 6 heteroatoms. The Morgan fingerprint density at radius 2 is 1.86 bits per heavy atom. The number of thiazole rings is 1. The van der Waals surface area contributed by atoms with E-state index in [0.717, 1.165) is 40.0 Å². The molecule has 0 radical (unpaired) electrons. The predicted molar refractivity (Wildman–Crippen MR) is 112 cm³/mol. The van der Waals surface area contributed by atoms with Gasteiger partial charge in [-0.05, 0) is 18.6 Å². The van der Waals surface area contributed by atoms with Crippen LogP contribution >= 0.6 is 11.3 Å². The van der Waals surface area contributed by atoms with Crippen LogP contribution in [0.1, 0.15) is 21.6 Å². The molecule has 1 amide bonds. The number of carbonyl (C=O) groups is 1. The zero-order chi connectivity index (χ0) is 19.1. The summed E-state index contributed by atoms with van der Waals surface area (Å²) in [5.74, 6) is 0.0886. The first-order valence-corrected chi connectivity index (χ1v) is 10.3. The first-order valence-electron chi connectivity index (χ1n) is 9.44. The van der Waals surface area contributed by atoms with Gasteiger partial charge in [-0.3, -0.25) is 9.48 Å². The monoisotopic (exact) mass is 388 g/mol. The van der Waals surface area contributed by atoms with Crippen molar-refractivity contribution in [2.45, 2.75) is 12.8 Å². The maximum absolute atomic E-state index is 13.2. The SMILES string of the molecule is Cn1nc2c(c1-c1ccccc1)CCN(C(=O)c1cccc3ncsc13)CC2. The lowest BCUT2D eigenvalue weighted by molar-refractivity contribution is 0.0765. The predicted octanol–water partition coefficient (Wildman–Crippen LogP) is 3.94. The lowest BCUT2D eigenvalue weighted by atomic mass is 10.0. The quantitative estimate of drug-likeness (QED) is 0.523. The molecular weight excluding hydrogens is 368 g/mol. The van der Waals surface area contributed by atoms with Gasteiger partial charge in [-0.25, -0.2) is 4.98 Å². The average molecular weight is 388 g/mol. The molecule has 0 aliphatic carbocycles. The molecule has 0 fully saturated rings. The fourth-order valence-electron chi connectivity index (χ4n) is 4.07. The van der Waals surface area contributed by atoms with Crippen LogP contribution in [0.15, 0.2) is 54.0 Å². The van der Waals surface area contributed by atoms with E-state index in [1.165, 1.54) is 22.5 Å². The Labute approximate surface area is 167 Å². The summed E-state index contributed by atoms with van der Waals surface area (Å²) in [6.45, 7) is 1.39. The van der Waals surface area contributed by atoms with Crippen molar-refractivity contribution in [1.29, 1.82) is 0 Å². The van der Waals surface area contributed by atoms with Crippen LogP contribution in [0.25, 0.3) is 21.5 Å². The Balaban J connectivity index is 1.45. The third-order valence-corrected chi connectivity index (χ3v) is 6.28. The summed E-state index contributed by atoms with van der Waals surface area (Å²) in [7, 11) is 2.00. The second-order valence-corrected chi connectivity index (χ2v) is 7.92. The van der Waals surface area contributed by atoms with Crippen molar-refractivity contribution < 1.29 is 4.79 Å². The average Bonchev–Trinajstić information content (AvgIpc) is 3.26. The summed E-state index contributed by atoms with van der Waals surface area (Å²) in [5.41, 5.74) is 8.15. The molecule has 0 N–H and O–H groups in total. The van der Waals surface area contributed by atoms with E-state index in [4.69, 9.17) is 5.10 Å². The molecule has 0 saturated carbocycles. The molecule has 4 aromatic rings. The Morgan fingerprint density at radius 3 is 2.71 bits per heavy atom. The number of rotatable bonds is 2. The molecule has 1 aliphatic heterocycles. The van der Waals surface area contributed by atoms with Gasteiger partial charge in [-0.1, -0.05) is 36.4 Å². The number of carbonyl (C=O) groups excluding carboxylic acids is 1. The van der Waals surface area contributed by atoms with Crippen molar-refractivity contribution in [2.75, 3.05) is 13.1 Å². The maximum Gasteiger partial charge on any atom is 0.255 e. The largest absolute Gasteiger partial charge is 0.338 e. The van der Waals surface area contributed by atoms with Crippen molar-refractivity contribution in [1.82, 2.24) is 19.7 Å². The summed E-state index contributed by atoms with van der Waals surface area (Å²) < 4.78 is 2.95. The Hall–Kier alpha value is -2.99. The Morgan fingerprint density at radius 1 is 1.04 bits per heavy atom. The van der Waals surface area contributed by atoms with Crippen LogP contribution in [0.3, 0.4) is 0 Å². The highest BCUT2D eigenvalue weighted by molar-refractivity contribution is 7.17. The number of hydrogen-bond acceptors (Lipinski definition) is 4. The zero-order valence-corrected chi connectivity index (χ0v) is 16.4. The summed E-state index contributed by atoms with van der Waals surface area (Å²) in [4.78, 5) is 19.5.